The third-order valence-corrected chi connectivity index (χ3v) is 7.48. The van der Waals surface area contributed by atoms with E-state index in [1.807, 2.05) is 82.3 Å². The third kappa shape index (κ3) is 13.5. The Kier molecular flexibility index (Phi) is 13.8. The summed E-state index contributed by atoms with van der Waals surface area (Å²) in [6, 6.07) is 16.8. The van der Waals surface area contributed by atoms with Crippen LogP contribution >= 0.6 is 11.3 Å². The Morgan fingerprint density at radius 2 is 1.67 bits per heavy atom. The molecule has 1 unspecified atom stereocenters. The van der Waals surface area contributed by atoms with Crippen molar-refractivity contribution in [3.63, 3.8) is 0 Å². The summed E-state index contributed by atoms with van der Waals surface area (Å²) in [5.74, 6) is 0.264. The summed E-state index contributed by atoms with van der Waals surface area (Å²) in [6.45, 7) is 7.30. The van der Waals surface area contributed by atoms with Crippen molar-refractivity contribution in [2.45, 2.75) is 77.9 Å². The third-order valence-electron chi connectivity index (χ3n) is 6.58. The molecule has 0 bridgehead atoms. The monoisotopic (exact) mass is 647 g/mol. The number of ether oxygens (including phenoxy) is 1. The lowest BCUT2D eigenvalue weighted by atomic mass is 10.0. The van der Waals surface area contributed by atoms with Gasteiger partial charge in [-0.05, 0) is 75.8 Å². The average Bonchev–Trinajstić information content (AvgIpc) is 3.43. The van der Waals surface area contributed by atoms with E-state index in [9.17, 15) is 14.4 Å². The van der Waals surface area contributed by atoms with Crippen molar-refractivity contribution in [3.8, 4) is 0 Å². The molecule has 2 aromatic carbocycles. The van der Waals surface area contributed by atoms with Crippen LogP contribution in [0, 0.1) is 0 Å². The molecule has 0 saturated carbocycles. The van der Waals surface area contributed by atoms with Gasteiger partial charge in [0, 0.05) is 19.2 Å². The maximum Gasteiger partial charge on any atom is 0.408 e. The SMILES string of the molecule is CN/C(=C\C=C(/N)CCCCc1nnc(NC(=O)Cc2cccc(C(C)NC(=O)OC(C)(C)C)c2)s1)NC(=O)Cc1ccccc1. The largest absolute Gasteiger partial charge is 0.444 e. The molecule has 0 radical (unpaired) electrons. The van der Waals surface area contributed by atoms with Gasteiger partial charge in [0.15, 0.2) is 0 Å². The van der Waals surface area contributed by atoms with Gasteiger partial charge >= 0.3 is 6.09 Å². The Morgan fingerprint density at radius 1 is 0.957 bits per heavy atom. The van der Waals surface area contributed by atoms with Crippen LogP contribution in [0.4, 0.5) is 9.93 Å². The van der Waals surface area contributed by atoms with Crippen LogP contribution in [0.5, 0.6) is 0 Å². The van der Waals surface area contributed by atoms with Gasteiger partial charge in [-0.1, -0.05) is 65.9 Å². The van der Waals surface area contributed by atoms with E-state index >= 15 is 0 Å². The molecule has 0 aliphatic rings. The minimum Gasteiger partial charge on any atom is -0.444 e. The molecule has 46 heavy (non-hydrogen) atoms. The highest BCUT2D eigenvalue weighted by Gasteiger charge is 2.19. The smallest absolute Gasteiger partial charge is 0.408 e. The molecule has 6 N–H and O–H groups in total. The molecule has 12 heteroatoms. The minimum absolute atomic E-state index is 0.111. The number of aryl methyl sites for hydroxylation is 1. The normalized spacial score (nSPS) is 12.6. The standard InChI is InChI=1S/C34H45N7O4S/c1-23(37-33(44)45-34(2,3)4)26-15-11-14-25(20-26)22-30(43)39-32-41-40-31(46-32)17-10-9-16-27(35)18-19-28(36-5)38-29(42)21-24-12-7-6-8-13-24/h6-8,11-15,18-20,23,36H,9-10,16-17,21-22,35H2,1-5H3,(H,37,44)(H,38,42)(H,39,41,43)/b27-18-,28-19+. The van der Waals surface area contributed by atoms with Gasteiger partial charge in [0.2, 0.25) is 16.9 Å². The zero-order valence-corrected chi connectivity index (χ0v) is 28.0. The summed E-state index contributed by atoms with van der Waals surface area (Å²) in [7, 11) is 1.74. The number of nitrogens with one attached hydrogen (secondary N) is 4. The number of carbonyl (C=O) groups is 3. The van der Waals surface area contributed by atoms with Crippen LogP contribution < -0.4 is 27.0 Å². The lowest BCUT2D eigenvalue weighted by Gasteiger charge is -2.22. The number of benzene rings is 2. The zero-order valence-electron chi connectivity index (χ0n) is 27.2. The van der Waals surface area contributed by atoms with Crippen LogP contribution in [0.1, 0.15) is 74.7 Å². The van der Waals surface area contributed by atoms with Crippen LogP contribution in [0.25, 0.3) is 0 Å². The quantitative estimate of drug-likeness (QED) is 0.110. The van der Waals surface area contributed by atoms with Crippen LogP contribution in [0.15, 0.2) is 78.3 Å². The van der Waals surface area contributed by atoms with E-state index in [4.69, 9.17) is 10.5 Å². The summed E-state index contributed by atoms with van der Waals surface area (Å²) >= 11 is 1.35. The van der Waals surface area contributed by atoms with Crippen LogP contribution in [-0.2, 0) is 33.6 Å². The second kappa shape index (κ2) is 17.7. The van der Waals surface area contributed by atoms with E-state index in [1.54, 1.807) is 19.2 Å². The molecule has 0 aliphatic carbocycles. The number of rotatable bonds is 15. The molecule has 3 amide bonds. The molecule has 1 aromatic heterocycles. The zero-order chi connectivity index (χ0) is 33.5. The highest BCUT2D eigenvalue weighted by molar-refractivity contribution is 7.15. The number of alkyl carbamates (subject to hydrolysis) is 1. The molecule has 3 rings (SSSR count). The van der Waals surface area contributed by atoms with Crippen molar-refractivity contribution in [1.29, 1.82) is 0 Å². The van der Waals surface area contributed by atoms with E-state index in [1.165, 1.54) is 11.3 Å². The Bertz CT molecular complexity index is 1510. The van der Waals surface area contributed by atoms with Crippen molar-refractivity contribution in [2.24, 2.45) is 5.73 Å². The molecule has 1 heterocycles. The summed E-state index contributed by atoms with van der Waals surface area (Å²) in [4.78, 5) is 37.1. The summed E-state index contributed by atoms with van der Waals surface area (Å²) in [5, 5.41) is 21.1. The fourth-order valence-corrected chi connectivity index (χ4v) is 5.13. The fourth-order valence-electron chi connectivity index (χ4n) is 4.34. The predicted octanol–water partition coefficient (Wildman–Crippen LogP) is 5.28. The van der Waals surface area contributed by atoms with Gasteiger partial charge < -0.3 is 31.7 Å². The van der Waals surface area contributed by atoms with E-state index in [0.717, 1.165) is 41.0 Å². The number of nitrogens with zero attached hydrogens (tertiary/aromatic N) is 2. The first-order valence-electron chi connectivity index (χ1n) is 15.3. The number of aromatic nitrogens is 2. The fraction of sp³-hybridized carbons (Fsp3) is 0.382. The van der Waals surface area contributed by atoms with Crippen molar-refractivity contribution >= 4 is 34.4 Å². The molecule has 246 valence electrons. The maximum atomic E-state index is 12.7. The molecule has 1 atom stereocenters. The molecule has 3 aromatic rings. The number of unbranched alkanes of at least 4 members (excludes halogenated alkanes) is 1. The van der Waals surface area contributed by atoms with Gasteiger partial charge in [0.25, 0.3) is 0 Å². The first kappa shape index (κ1) is 35.8. The molecule has 11 nitrogen and oxygen atoms in total. The lowest BCUT2D eigenvalue weighted by Crippen LogP contribution is -2.34. The minimum atomic E-state index is -0.584. The van der Waals surface area contributed by atoms with E-state index in [-0.39, 0.29) is 24.3 Å². The van der Waals surface area contributed by atoms with E-state index < -0.39 is 11.7 Å². The van der Waals surface area contributed by atoms with E-state index in [2.05, 4.69) is 31.5 Å². The van der Waals surface area contributed by atoms with Gasteiger partial charge in [0.1, 0.15) is 16.4 Å². The van der Waals surface area contributed by atoms with Crippen molar-refractivity contribution in [2.75, 3.05) is 12.4 Å². The van der Waals surface area contributed by atoms with Crippen LogP contribution in [-0.4, -0.2) is 40.8 Å². The molecule has 0 fully saturated rings. The molecule has 0 saturated heterocycles. The highest BCUT2D eigenvalue weighted by atomic mass is 32.1. The number of allylic oxidation sites excluding steroid dienone is 3. The average molecular weight is 648 g/mol. The number of hydrogen-bond donors (Lipinski definition) is 5. The summed E-state index contributed by atoms with van der Waals surface area (Å²) in [6.07, 6.45) is 6.63. The first-order chi connectivity index (χ1) is 21.9. The van der Waals surface area contributed by atoms with Gasteiger partial charge in [-0.2, -0.15) is 0 Å². The first-order valence-corrected chi connectivity index (χ1v) is 16.1. The Labute approximate surface area is 275 Å². The Morgan fingerprint density at radius 3 is 2.39 bits per heavy atom. The summed E-state index contributed by atoms with van der Waals surface area (Å²) < 4.78 is 5.33. The second-order valence-electron chi connectivity index (χ2n) is 11.8. The maximum absolute atomic E-state index is 12.7. The highest BCUT2D eigenvalue weighted by Crippen LogP contribution is 2.20. The number of hydrogen-bond acceptors (Lipinski definition) is 9. The van der Waals surface area contributed by atoms with E-state index in [0.29, 0.717) is 29.5 Å². The molecular formula is C34H45N7O4S. The Balaban J connectivity index is 1.39. The van der Waals surface area contributed by atoms with Gasteiger partial charge in [0.05, 0.1) is 18.9 Å². The van der Waals surface area contributed by atoms with Gasteiger partial charge in [-0.15, -0.1) is 10.2 Å². The van der Waals surface area contributed by atoms with Crippen LogP contribution in [0.3, 0.4) is 0 Å². The van der Waals surface area contributed by atoms with Gasteiger partial charge in [-0.25, -0.2) is 4.79 Å². The topological polar surface area (TPSA) is 160 Å². The Hall–Kier alpha value is -4.71. The van der Waals surface area contributed by atoms with Gasteiger partial charge in [-0.3, -0.25) is 9.59 Å². The van der Waals surface area contributed by atoms with Crippen molar-refractivity contribution in [1.82, 2.24) is 26.1 Å². The number of carbonyl (C=O) groups excluding carboxylic acids is 3. The van der Waals surface area contributed by atoms with Crippen molar-refractivity contribution in [3.05, 3.63) is 100.0 Å². The number of anilines is 1. The second-order valence-corrected chi connectivity index (χ2v) is 12.9. The van der Waals surface area contributed by atoms with Crippen LogP contribution in [0.2, 0.25) is 0 Å². The number of nitrogens with two attached hydrogens (primary N) is 1. The molecular weight excluding hydrogens is 602 g/mol. The molecule has 0 spiro atoms. The predicted molar refractivity (Wildman–Crippen MR) is 182 cm³/mol. The lowest BCUT2D eigenvalue weighted by molar-refractivity contribution is -0.120. The number of amides is 3. The van der Waals surface area contributed by atoms with Crippen molar-refractivity contribution < 1.29 is 19.1 Å². The summed E-state index contributed by atoms with van der Waals surface area (Å²) in [5.41, 5.74) is 8.93. The molecule has 0 aliphatic heterocycles.